The van der Waals surface area contributed by atoms with Crippen LogP contribution in [-0.2, 0) is 20.9 Å². The fraction of sp³-hybridized carbons (Fsp3) is 0.423. The number of carbonyl (C=O) groups excluding carboxylic acids is 3. The average molecular weight is 460 g/mol. The molecule has 0 fully saturated rings. The molecule has 0 saturated heterocycles. The van der Waals surface area contributed by atoms with E-state index in [2.05, 4.69) is 10.6 Å². The second kappa shape index (κ2) is 12.6. The van der Waals surface area contributed by atoms with Crippen LogP contribution < -0.4 is 10.6 Å². The van der Waals surface area contributed by atoms with E-state index < -0.39 is 24.1 Å². The van der Waals surface area contributed by atoms with Crippen LogP contribution in [0.1, 0.15) is 39.7 Å². The van der Waals surface area contributed by atoms with Gasteiger partial charge in [0.1, 0.15) is 18.7 Å². The van der Waals surface area contributed by atoms with E-state index in [1.165, 1.54) is 4.90 Å². The first-order valence-electron chi connectivity index (χ1n) is 11.3. The molecule has 0 bridgehead atoms. The summed E-state index contributed by atoms with van der Waals surface area (Å²) in [5, 5.41) is 5.71. The third-order valence-corrected chi connectivity index (χ3v) is 5.19. The number of nitrogens with zero attached hydrogens (tertiary/aromatic N) is 1. The van der Waals surface area contributed by atoms with E-state index in [0.717, 1.165) is 5.56 Å². The Morgan fingerprint density at radius 3 is 2.00 bits per heavy atom. The molecule has 0 unspecified atom stereocenters. The maximum absolute atomic E-state index is 13.2. The molecule has 0 aliphatic rings. The van der Waals surface area contributed by atoms with Crippen LogP contribution in [0.5, 0.6) is 0 Å². The summed E-state index contributed by atoms with van der Waals surface area (Å²) < 4.78 is 5.39. The van der Waals surface area contributed by atoms with Crippen molar-refractivity contribution in [2.75, 3.05) is 12.4 Å². The van der Waals surface area contributed by atoms with Crippen molar-refractivity contribution < 1.29 is 19.1 Å². The van der Waals surface area contributed by atoms with Gasteiger partial charge in [0.05, 0.1) is 0 Å². The summed E-state index contributed by atoms with van der Waals surface area (Å²) in [5.74, 6) is -0.683. The first-order valence-corrected chi connectivity index (χ1v) is 11.3. The minimum Gasteiger partial charge on any atom is -0.445 e. The monoisotopic (exact) mass is 459 g/mol. The largest absolute Gasteiger partial charge is 0.445 e. The van der Waals surface area contributed by atoms with E-state index >= 15 is 0 Å². The van der Waals surface area contributed by atoms with Gasteiger partial charge in [-0.1, -0.05) is 76.2 Å². The van der Waals surface area contributed by atoms with Gasteiger partial charge < -0.3 is 15.4 Å². The van der Waals surface area contributed by atoms with Gasteiger partial charge in [0.25, 0.3) is 0 Å². The summed E-state index contributed by atoms with van der Waals surface area (Å²) in [7, 11) is 1.54. The predicted octanol–water partition coefficient (Wildman–Crippen LogP) is 4.45. The number of hydrogen-bond acceptors (Lipinski definition) is 4. The predicted molar refractivity (Wildman–Crippen MR) is 129 cm³/mol. The van der Waals surface area contributed by atoms with E-state index in [1.54, 1.807) is 19.2 Å². The van der Waals surface area contributed by atoms with Crippen molar-refractivity contribution in [3.63, 3.8) is 0 Å². The lowest BCUT2D eigenvalue weighted by Crippen LogP contribution is -2.55. The van der Waals surface area contributed by atoms with E-state index in [4.69, 9.17) is 4.74 Å². The molecule has 2 rings (SSSR count). The van der Waals surface area contributed by atoms with Crippen molar-refractivity contribution >= 4 is 23.6 Å². The zero-order valence-corrected chi connectivity index (χ0v) is 20.1. The van der Waals surface area contributed by atoms with Gasteiger partial charge in [-0.25, -0.2) is 4.79 Å². The quantitative estimate of drug-likeness (QED) is 0.406. The highest BCUT2D eigenvalue weighted by Crippen LogP contribution is 2.15. The summed E-state index contributed by atoms with van der Waals surface area (Å²) >= 11 is 0. The van der Waals surface area contributed by atoms with Gasteiger partial charge in [0.2, 0.25) is 11.8 Å². The van der Waals surface area contributed by atoms with Crippen molar-refractivity contribution in [3.8, 4) is 0 Å². The van der Waals surface area contributed by atoms with Crippen LogP contribution in [0, 0.1) is 11.8 Å². The maximum atomic E-state index is 13.2. The van der Waals surface area contributed by atoms with Gasteiger partial charge in [0.15, 0.2) is 0 Å². The number of benzene rings is 2. The number of nitrogens with one attached hydrogen (secondary N) is 2. The molecule has 0 saturated carbocycles. The number of hydrogen-bond donors (Lipinski definition) is 2. The highest BCUT2D eigenvalue weighted by atomic mass is 16.6. The van der Waals surface area contributed by atoms with Crippen LogP contribution >= 0.6 is 0 Å². The molecule has 0 aromatic heterocycles. The van der Waals surface area contributed by atoms with E-state index in [1.807, 2.05) is 76.2 Å². The van der Waals surface area contributed by atoms with Gasteiger partial charge in [0, 0.05) is 12.7 Å². The minimum absolute atomic E-state index is 0.117. The molecule has 2 aromatic carbocycles. The second-order valence-corrected chi connectivity index (χ2v) is 8.89. The Kier molecular flexibility index (Phi) is 9.91. The maximum Gasteiger partial charge on any atom is 0.410 e. The smallest absolute Gasteiger partial charge is 0.410 e. The molecule has 0 radical (unpaired) electrons. The highest BCUT2D eigenvalue weighted by Gasteiger charge is 2.33. The van der Waals surface area contributed by atoms with Crippen LogP contribution in [-0.4, -0.2) is 41.9 Å². The van der Waals surface area contributed by atoms with Crippen molar-refractivity contribution in [2.45, 2.75) is 52.8 Å². The van der Waals surface area contributed by atoms with Gasteiger partial charge in [-0.2, -0.15) is 0 Å². The number of likely N-dealkylation sites (N-methyl/N-ethyl adjacent to an activating group) is 1. The van der Waals surface area contributed by atoms with Crippen LogP contribution in [0.3, 0.4) is 0 Å². The topological polar surface area (TPSA) is 87.7 Å². The lowest BCUT2D eigenvalue weighted by Gasteiger charge is -2.31. The Morgan fingerprint density at radius 2 is 1.45 bits per heavy atom. The lowest BCUT2D eigenvalue weighted by molar-refractivity contribution is -0.131. The molecule has 0 aliphatic carbocycles. The number of amides is 3. The minimum atomic E-state index is -0.785. The summed E-state index contributed by atoms with van der Waals surface area (Å²) in [6, 6.07) is 16.9. The Hall–Kier alpha value is -3.35. The number of carbonyl (C=O) groups is 3. The molecule has 0 aliphatic heterocycles. The standard InChI is InChI=1S/C26H35N3O4/c1-18(2)16-22(24(30)27-21-14-10-7-11-15-21)28-25(31)23(19(3)4)29(5)26(32)33-17-20-12-8-6-9-13-20/h6-15,18-19,22-23H,16-17H2,1-5H3,(H,27,30)(H,28,31)/t22-,23+/m0/s1/i3+1,4+1,19+1,23+1,25+1,29+1. The first kappa shape index (κ1) is 25.9. The summed E-state index contributed by atoms with van der Waals surface area (Å²) in [4.78, 5) is 40.1. The molecule has 33 heavy (non-hydrogen) atoms. The Morgan fingerprint density at radius 1 is 0.879 bits per heavy atom. The van der Waals surface area contributed by atoms with Crippen LogP contribution in [0.2, 0.25) is 0 Å². The molecule has 7 nitrogen and oxygen atoms in total. The van der Waals surface area contributed by atoms with E-state index in [0.29, 0.717) is 12.1 Å². The molecule has 0 spiro atoms. The first-order chi connectivity index (χ1) is 15.7. The zero-order chi connectivity index (χ0) is 24.4. The zero-order valence-electron chi connectivity index (χ0n) is 20.1. The van der Waals surface area contributed by atoms with Crippen LogP contribution in [0.25, 0.3) is 0 Å². The van der Waals surface area contributed by atoms with Crippen molar-refractivity contribution in [3.05, 3.63) is 66.2 Å². The third-order valence-electron chi connectivity index (χ3n) is 5.19. The normalized spacial score (nSPS) is 12.7. The van der Waals surface area contributed by atoms with E-state index in [9.17, 15) is 14.4 Å². The number of rotatable bonds is 10. The molecular formula is C26H35N3O4. The molecule has 7 heteroatoms. The number of ether oxygens (including phenoxy) is 1. The Balaban J connectivity index is 2.07. The molecule has 2 atom stereocenters. The summed E-state index contributed by atoms with van der Waals surface area (Å²) in [5.41, 5.74) is 1.52. The van der Waals surface area contributed by atoms with Crippen molar-refractivity contribution in [2.24, 2.45) is 11.8 Å². The molecule has 3 amide bonds. The van der Waals surface area contributed by atoms with Gasteiger partial charge >= 0.3 is 6.09 Å². The molecular weight excluding hydrogens is 424 g/mol. The summed E-state index contributed by atoms with van der Waals surface area (Å²) in [6.07, 6.45) is -0.126. The second-order valence-electron chi connectivity index (χ2n) is 8.89. The van der Waals surface area contributed by atoms with Gasteiger partial charge in [-0.3, -0.25) is 14.5 Å². The Bertz CT molecular complexity index is 900. The highest BCUT2D eigenvalue weighted by molar-refractivity contribution is 5.98. The molecule has 0 heterocycles. The van der Waals surface area contributed by atoms with Gasteiger partial charge in [-0.05, 0) is 36.0 Å². The van der Waals surface area contributed by atoms with Crippen LogP contribution in [0.4, 0.5) is 10.5 Å². The summed E-state index contributed by atoms with van der Waals surface area (Å²) in [6.45, 7) is 7.80. The third kappa shape index (κ3) is 8.25. The molecule has 178 valence electrons. The van der Waals surface area contributed by atoms with Crippen molar-refractivity contribution in [1.82, 2.24) is 10.2 Å². The molecule has 2 N–H and O–H groups in total. The lowest BCUT2D eigenvalue weighted by atomic mass is 10.0. The number of para-hydroxylation sites is 1. The number of anilines is 1. The average Bonchev–Trinajstić information content (AvgIpc) is 2.77. The SMILES string of the molecule is CC(C)C[C@H](N[13C](=O)[13C@@H]([13CH]([13CH3])[13CH3])[15N](C)C(=O)OCc1ccccc1)C(=O)Nc1ccccc1. The molecule has 2 aromatic rings. The van der Waals surface area contributed by atoms with E-state index in [-0.39, 0.29) is 24.3 Å². The fourth-order valence-electron chi connectivity index (χ4n) is 3.57. The fourth-order valence-corrected chi connectivity index (χ4v) is 3.57. The van der Waals surface area contributed by atoms with Crippen LogP contribution in [0.15, 0.2) is 60.7 Å². The van der Waals surface area contributed by atoms with Gasteiger partial charge in [-0.15, -0.1) is 0 Å². The Labute approximate surface area is 196 Å². The van der Waals surface area contributed by atoms with Crippen molar-refractivity contribution in [1.29, 1.82) is 0 Å².